The molecule has 11 heteroatoms. The highest BCUT2D eigenvalue weighted by Crippen LogP contribution is 2.44. The number of hydrogen-bond donors (Lipinski definition) is 1. The van der Waals surface area contributed by atoms with Crippen LogP contribution in [0, 0.1) is 23.7 Å². The highest BCUT2D eigenvalue weighted by molar-refractivity contribution is 8.76. The zero-order chi connectivity index (χ0) is 40.1. The van der Waals surface area contributed by atoms with E-state index in [1.165, 1.54) is 51.1 Å². The van der Waals surface area contributed by atoms with E-state index in [1.54, 1.807) is 24.3 Å². The molecule has 0 bridgehead atoms. The van der Waals surface area contributed by atoms with Crippen LogP contribution in [-0.4, -0.2) is 72.8 Å². The number of carbonyl (C=O) groups excluding carboxylic acids is 3. The highest BCUT2D eigenvalue weighted by Gasteiger charge is 2.36. The van der Waals surface area contributed by atoms with E-state index in [0.29, 0.717) is 59.3 Å². The minimum atomic E-state index is -0.773. The first-order valence-electron chi connectivity index (χ1n) is 20.2. The molecular weight excluding hydrogens is 749 g/mol. The molecule has 0 spiro atoms. The fourth-order valence-electron chi connectivity index (χ4n) is 7.68. The molecule has 1 heterocycles. The number of aliphatic hydroxyl groups is 1. The van der Waals surface area contributed by atoms with Gasteiger partial charge in [-0.2, -0.15) is 0 Å². The van der Waals surface area contributed by atoms with Crippen molar-refractivity contribution in [2.75, 3.05) is 31.3 Å². The smallest absolute Gasteiger partial charge is 0.491 e. The van der Waals surface area contributed by atoms with Gasteiger partial charge in [-0.1, -0.05) is 98.7 Å². The maximum atomic E-state index is 12.5. The molecule has 2 aliphatic carbocycles. The van der Waals surface area contributed by atoms with Gasteiger partial charge in [0.25, 0.3) is 0 Å². The first kappa shape index (κ1) is 43.7. The minimum Gasteiger partial charge on any atom is -0.491 e. The molecule has 0 saturated carbocycles. The van der Waals surface area contributed by atoms with Crippen LogP contribution in [0.15, 0.2) is 72.3 Å². The Hall–Kier alpha value is -3.41. The lowest BCUT2D eigenvalue weighted by atomic mass is 9.66. The van der Waals surface area contributed by atoms with Crippen LogP contribution in [0.3, 0.4) is 0 Å². The molecule has 1 saturated heterocycles. The summed E-state index contributed by atoms with van der Waals surface area (Å²) in [6.07, 6.45) is 10.9. The number of allylic oxidation sites excluding steroid dienone is 4. The van der Waals surface area contributed by atoms with Crippen LogP contribution in [0.2, 0.25) is 0 Å². The van der Waals surface area contributed by atoms with Gasteiger partial charge >= 0.3 is 18.1 Å². The molecular formula is C45H60O9S2. The normalized spacial score (nSPS) is 24.0. The molecule has 1 N–H and O–H groups in total. The van der Waals surface area contributed by atoms with Gasteiger partial charge in [0, 0.05) is 17.9 Å². The number of hydrogen-bond acceptors (Lipinski definition) is 11. The van der Waals surface area contributed by atoms with Crippen molar-refractivity contribution in [3.63, 3.8) is 0 Å². The Bertz CT molecular complexity index is 1630. The third kappa shape index (κ3) is 13.9. The fraction of sp³-hybridized carbons (Fsp3) is 0.578. The predicted molar refractivity (Wildman–Crippen MR) is 223 cm³/mol. The van der Waals surface area contributed by atoms with Gasteiger partial charge in [-0.05, 0) is 109 Å². The summed E-state index contributed by atoms with van der Waals surface area (Å²) in [5.74, 6) is 3.11. The van der Waals surface area contributed by atoms with Crippen molar-refractivity contribution < 1.29 is 43.2 Å². The standard InChI is InChI=1S/C45H60O9S2/c1-30-6-20-41-34(26-30)11-7-31(2)40(41)21-19-38-27-39(28-42(47)53-38)54-44(49)51-23-25-56-55-24-22-50-43(48)33-12-17-37(18-13-33)52-29-36(46)16-10-32-8-14-35(15-9-32)45(3,4)5/h7-9,11-15,17-18,26,30-31,36,38-41,46H,6,10,16,19-25,27-29H2,1-5H3/t30-,31+,36?,38-,39-,40+,41?/m1/s1. The zero-order valence-electron chi connectivity index (χ0n) is 33.6. The van der Waals surface area contributed by atoms with Crippen LogP contribution in [0.4, 0.5) is 4.79 Å². The maximum Gasteiger partial charge on any atom is 0.508 e. The predicted octanol–water partition coefficient (Wildman–Crippen LogP) is 9.70. The maximum absolute atomic E-state index is 12.5. The van der Waals surface area contributed by atoms with Crippen molar-refractivity contribution in [3.8, 4) is 5.75 Å². The Balaban J connectivity index is 0.886. The molecule has 56 heavy (non-hydrogen) atoms. The molecule has 0 amide bonds. The molecule has 2 aromatic rings. The van der Waals surface area contributed by atoms with E-state index in [4.69, 9.17) is 23.7 Å². The van der Waals surface area contributed by atoms with Crippen molar-refractivity contribution in [1.29, 1.82) is 0 Å². The van der Waals surface area contributed by atoms with E-state index in [0.717, 1.165) is 19.3 Å². The molecule has 1 fully saturated rings. The van der Waals surface area contributed by atoms with Crippen LogP contribution in [0.1, 0.15) is 101 Å². The number of benzene rings is 2. The Morgan fingerprint density at radius 1 is 0.946 bits per heavy atom. The van der Waals surface area contributed by atoms with Crippen molar-refractivity contribution >= 4 is 39.7 Å². The van der Waals surface area contributed by atoms with Gasteiger partial charge in [-0.25, -0.2) is 9.59 Å². The van der Waals surface area contributed by atoms with Crippen molar-refractivity contribution in [1.82, 2.24) is 0 Å². The number of esters is 2. The third-order valence-electron chi connectivity index (χ3n) is 10.9. The summed E-state index contributed by atoms with van der Waals surface area (Å²) in [6.45, 7) is 11.7. The van der Waals surface area contributed by atoms with Gasteiger partial charge in [-0.3, -0.25) is 4.79 Å². The van der Waals surface area contributed by atoms with E-state index in [9.17, 15) is 19.5 Å². The van der Waals surface area contributed by atoms with E-state index in [-0.39, 0.29) is 43.7 Å². The molecule has 3 aliphatic rings. The Kier molecular flexibility index (Phi) is 16.7. The third-order valence-corrected chi connectivity index (χ3v) is 13.2. The SMILES string of the molecule is C[C@H]1C=C2C=C[C@H](C)[C@H](CC[C@@H]3C[C@@H](OC(=O)OCCSSCCOC(=O)c4ccc(OCC(O)CCc5ccc(C(C)(C)C)cc5)cc4)CC(=O)O3)C2CC1. The monoisotopic (exact) mass is 808 g/mol. The van der Waals surface area contributed by atoms with Crippen molar-refractivity contribution in [2.24, 2.45) is 23.7 Å². The van der Waals surface area contributed by atoms with Crippen LogP contribution < -0.4 is 4.74 Å². The number of carbonyl (C=O) groups is 3. The summed E-state index contributed by atoms with van der Waals surface area (Å²) in [4.78, 5) is 37.2. The molecule has 5 rings (SSSR count). The van der Waals surface area contributed by atoms with E-state index >= 15 is 0 Å². The van der Waals surface area contributed by atoms with Crippen LogP contribution >= 0.6 is 21.6 Å². The molecule has 306 valence electrons. The zero-order valence-corrected chi connectivity index (χ0v) is 35.2. The second-order valence-corrected chi connectivity index (χ2v) is 19.1. The van der Waals surface area contributed by atoms with Crippen LogP contribution in [0.5, 0.6) is 5.75 Å². The molecule has 2 aromatic carbocycles. The Morgan fingerprint density at radius 2 is 1.66 bits per heavy atom. The van der Waals surface area contributed by atoms with Gasteiger partial charge in [0.2, 0.25) is 0 Å². The quantitative estimate of drug-likeness (QED) is 0.0672. The molecule has 2 unspecified atom stereocenters. The molecule has 9 nitrogen and oxygen atoms in total. The lowest BCUT2D eigenvalue weighted by Crippen LogP contribution is -2.37. The minimum absolute atomic E-state index is 0.0431. The Morgan fingerprint density at radius 3 is 2.38 bits per heavy atom. The second-order valence-electron chi connectivity index (χ2n) is 16.4. The average Bonchev–Trinajstić information content (AvgIpc) is 3.16. The van der Waals surface area contributed by atoms with Crippen LogP contribution in [-0.2, 0) is 35.6 Å². The molecule has 0 radical (unpaired) electrons. The summed E-state index contributed by atoms with van der Waals surface area (Å²) >= 11 is 0. The summed E-state index contributed by atoms with van der Waals surface area (Å²) in [7, 11) is 3.02. The van der Waals surface area contributed by atoms with Gasteiger partial charge in [0.15, 0.2) is 0 Å². The summed E-state index contributed by atoms with van der Waals surface area (Å²) in [5.41, 5.74) is 4.45. The number of aliphatic hydroxyl groups excluding tert-OH is 1. The first-order valence-corrected chi connectivity index (χ1v) is 22.7. The Labute approximate surface area is 341 Å². The molecule has 7 atom stereocenters. The fourth-order valence-corrected chi connectivity index (χ4v) is 9.33. The van der Waals surface area contributed by atoms with Gasteiger partial charge in [0.05, 0.1) is 18.1 Å². The highest BCUT2D eigenvalue weighted by atomic mass is 33.1. The largest absolute Gasteiger partial charge is 0.508 e. The number of aryl methyl sites for hydroxylation is 1. The summed E-state index contributed by atoms with van der Waals surface area (Å²) < 4.78 is 27.6. The number of fused-ring (bicyclic) bond motifs is 1. The lowest BCUT2D eigenvalue weighted by molar-refractivity contribution is -0.161. The van der Waals surface area contributed by atoms with E-state index in [2.05, 4.69) is 77.1 Å². The lowest BCUT2D eigenvalue weighted by Gasteiger charge is -2.39. The van der Waals surface area contributed by atoms with Crippen LogP contribution in [0.25, 0.3) is 0 Å². The topological polar surface area (TPSA) is 118 Å². The van der Waals surface area contributed by atoms with Crippen molar-refractivity contribution in [3.05, 3.63) is 89.0 Å². The first-order chi connectivity index (χ1) is 26.8. The number of ether oxygens (including phenoxy) is 5. The van der Waals surface area contributed by atoms with Gasteiger partial charge < -0.3 is 28.8 Å². The van der Waals surface area contributed by atoms with Crippen molar-refractivity contribution in [2.45, 2.75) is 110 Å². The van der Waals surface area contributed by atoms with E-state index in [1.807, 2.05) is 0 Å². The average molecular weight is 809 g/mol. The summed E-state index contributed by atoms with van der Waals surface area (Å²) in [5, 5.41) is 10.4. The number of rotatable bonds is 18. The molecule has 1 aliphatic heterocycles. The second kappa shape index (κ2) is 21.4. The number of cyclic esters (lactones) is 1. The van der Waals surface area contributed by atoms with Gasteiger partial charge in [-0.15, -0.1) is 0 Å². The molecule has 0 aromatic heterocycles. The van der Waals surface area contributed by atoms with E-state index < -0.39 is 24.3 Å². The van der Waals surface area contributed by atoms with Gasteiger partial charge in [0.1, 0.15) is 37.8 Å². The summed E-state index contributed by atoms with van der Waals surface area (Å²) in [6, 6.07) is 15.2.